The molecule has 3 atom stereocenters. The van der Waals surface area contributed by atoms with Crippen molar-refractivity contribution in [2.75, 3.05) is 27.1 Å². The van der Waals surface area contributed by atoms with Gasteiger partial charge in [0.25, 0.3) is 0 Å². The molecule has 2 aliphatic rings. The molecule has 0 radical (unpaired) electrons. The molecule has 3 unspecified atom stereocenters. The Hall–Kier alpha value is -3.06. The van der Waals surface area contributed by atoms with E-state index in [1.54, 1.807) is 7.11 Å². The summed E-state index contributed by atoms with van der Waals surface area (Å²) in [5, 5.41) is 3.58. The normalized spacial score (nSPS) is 22.1. The highest BCUT2D eigenvalue weighted by Gasteiger charge is 2.55. The number of carbonyl (C=O) groups excluding carboxylic acids is 2. The van der Waals surface area contributed by atoms with Crippen LogP contribution >= 0.6 is 0 Å². The van der Waals surface area contributed by atoms with E-state index in [2.05, 4.69) is 12.2 Å². The lowest BCUT2D eigenvalue weighted by Crippen LogP contribution is -2.42. The van der Waals surface area contributed by atoms with Gasteiger partial charge in [-0.3, -0.25) is 9.59 Å². The number of carbonyl (C=O) groups is 2. The van der Waals surface area contributed by atoms with Crippen molar-refractivity contribution in [2.24, 2.45) is 5.92 Å². The Morgan fingerprint density at radius 2 is 1.76 bits per heavy atom. The van der Waals surface area contributed by atoms with Gasteiger partial charge in [-0.15, -0.1) is 0 Å². The molecule has 0 bridgehead atoms. The first-order chi connectivity index (χ1) is 18.0. The standard InChI is InChI=1S/C30H39NO6/c1-4-6-7-8-9-10-23(32)18-30(22-13-16-25-26(17-22)37-20-36-25)19-31-28(27(30)29(33)35-5-2)21-11-14-24(34-3)15-12-21/h11-17,27-28,31H,4-10,18-20H2,1-3H3. The van der Waals surface area contributed by atoms with Crippen LogP contribution in [-0.4, -0.2) is 38.8 Å². The summed E-state index contributed by atoms with van der Waals surface area (Å²) in [7, 11) is 1.63. The molecule has 200 valence electrons. The summed E-state index contributed by atoms with van der Waals surface area (Å²) in [5.41, 5.74) is 1.06. The minimum absolute atomic E-state index is 0.163. The quantitative estimate of drug-likeness (QED) is 0.282. The number of Topliss-reactive ketones (excluding diaryl/α,β-unsaturated/α-hetero) is 1. The van der Waals surface area contributed by atoms with Gasteiger partial charge >= 0.3 is 5.97 Å². The van der Waals surface area contributed by atoms with E-state index in [-0.39, 0.29) is 37.6 Å². The van der Waals surface area contributed by atoms with Crippen molar-refractivity contribution in [1.29, 1.82) is 0 Å². The van der Waals surface area contributed by atoms with Crippen molar-refractivity contribution in [3.05, 3.63) is 53.6 Å². The predicted octanol–water partition coefficient (Wildman–Crippen LogP) is 5.51. The molecule has 7 heteroatoms. The first-order valence-electron chi connectivity index (χ1n) is 13.5. The van der Waals surface area contributed by atoms with E-state index in [1.807, 2.05) is 49.4 Å². The van der Waals surface area contributed by atoms with Crippen LogP contribution in [0.4, 0.5) is 0 Å². The summed E-state index contributed by atoms with van der Waals surface area (Å²) in [5.74, 6) is 1.33. The number of hydrogen-bond donors (Lipinski definition) is 1. The van der Waals surface area contributed by atoms with Gasteiger partial charge in [-0.1, -0.05) is 50.8 Å². The highest BCUT2D eigenvalue weighted by Crippen LogP contribution is 2.50. The SMILES string of the molecule is CCCCCCCC(=O)CC1(c2ccc3c(c2)OCO3)CNC(c2ccc(OC)cc2)C1C(=O)OCC. The third-order valence-corrected chi connectivity index (χ3v) is 7.60. The lowest BCUT2D eigenvalue weighted by Gasteiger charge is -2.35. The maximum absolute atomic E-state index is 13.6. The monoisotopic (exact) mass is 509 g/mol. The van der Waals surface area contributed by atoms with E-state index in [9.17, 15) is 9.59 Å². The Labute approximate surface area is 219 Å². The van der Waals surface area contributed by atoms with Crippen molar-refractivity contribution in [3.8, 4) is 17.2 Å². The Morgan fingerprint density at radius 3 is 2.49 bits per heavy atom. The zero-order chi connectivity index (χ0) is 26.3. The molecule has 0 aliphatic carbocycles. The van der Waals surface area contributed by atoms with Gasteiger partial charge < -0.3 is 24.3 Å². The number of unbranched alkanes of at least 4 members (excludes halogenated alkanes) is 4. The van der Waals surface area contributed by atoms with E-state index in [0.717, 1.165) is 36.1 Å². The van der Waals surface area contributed by atoms with Gasteiger partial charge in [-0.25, -0.2) is 0 Å². The number of benzene rings is 2. The summed E-state index contributed by atoms with van der Waals surface area (Å²) in [6.45, 7) is 4.90. The Morgan fingerprint density at radius 1 is 1.00 bits per heavy atom. The molecule has 2 heterocycles. The van der Waals surface area contributed by atoms with Crippen molar-refractivity contribution in [2.45, 2.75) is 70.3 Å². The van der Waals surface area contributed by atoms with Crippen LogP contribution in [0.25, 0.3) is 0 Å². The summed E-state index contributed by atoms with van der Waals surface area (Å²) >= 11 is 0. The second kappa shape index (κ2) is 12.5. The van der Waals surface area contributed by atoms with Crippen molar-refractivity contribution in [1.82, 2.24) is 5.32 Å². The van der Waals surface area contributed by atoms with Gasteiger partial charge in [0.2, 0.25) is 6.79 Å². The molecule has 4 rings (SSSR count). The Balaban J connectivity index is 1.70. The lowest BCUT2D eigenvalue weighted by molar-refractivity contribution is -0.150. The number of hydrogen-bond acceptors (Lipinski definition) is 7. The van der Waals surface area contributed by atoms with E-state index in [4.69, 9.17) is 18.9 Å². The number of ketones is 1. The minimum atomic E-state index is -0.779. The average Bonchev–Trinajstić information content (AvgIpc) is 3.54. The zero-order valence-electron chi connectivity index (χ0n) is 22.2. The molecular weight excluding hydrogens is 470 g/mol. The smallest absolute Gasteiger partial charge is 0.311 e. The Bertz CT molecular complexity index is 1070. The summed E-state index contributed by atoms with van der Waals surface area (Å²) in [4.78, 5) is 27.1. The lowest BCUT2D eigenvalue weighted by atomic mass is 9.66. The zero-order valence-corrected chi connectivity index (χ0v) is 22.2. The van der Waals surface area contributed by atoms with Crippen LogP contribution in [0.1, 0.15) is 76.0 Å². The molecule has 1 fully saturated rings. The Kier molecular flexibility index (Phi) is 9.09. The molecule has 0 saturated carbocycles. The van der Waals surface area contributed by atoms with E-state index < -0.39 is 11.3 Å². The van der Waals surface area contributed by atoms with Gasteiger partial charge in [0.05, 0.1) is 19.6 Å². The number of ether oxygens (including phenoxy) is 4. The van der Waals surface area contributed by atoms with Crippen LogP contribution in [0.3, 0.4) is 0 Å². The molecule has 0 amide bonds. The molecule has 1 N–H and O–H groups in total. The van der Waals surface area contributed by atoms with Gasteiger partial charge in [0.15, 0.2) is 11.5 Å². The summed E-state index contributed by atoms with van der Waals surface area (Å²) in [6.07, 6.45) is 6.18. The molecule has 2 aromatic rings. The summed E-state index contributed by atoms with van der Waals surface area (Å²) in [6, 6.07) is 13.2. The molecule has 1 saturated heterocycles. The van der Waals surface area contributed by atoms with Crippen LogP contribution in [0.5, 0.6) is 17.2 Å². The van der Waals surface area contributed by atoms with Crippen LogP contribution in [0, 0.1) is 5.92 Å². The maximum Gasteiger partial charge on any atom is 0.311 e. The molecule has 2 aromatic carbocycles. The van der Waals surface area contributed by atoms with Crippen LogP contribution in [0.2, 0.25) is 0 Å². The summed E-state index contributed by atoms with van der Waals surface area (Å²) < 4.78 is 22.2. The second-order valence-electron chi connectivity index (χ2n) is 9.97. The van der Waals surface area contributed by atoms with Gasteiger partial charge in [0.1, 0.15) is 11.5 Å². The van der Waals surface area contributed by atoms with Crippen LogP contribution < -0.4 is 19.5 Å². The van der Waals surface area contributed by atoms with Gasteiger partial charge in [-0.05, 0) is 48.7 Å². The third kappa shape index (κ3) is 5.93. The van der Waals surface area contributed by atoms with E-state index in [0.29, 0.717) is 24.5 Å². The number of methoxy groups -OCH3 is 1. The molecule has 2 aliphatic heterocycles. The molecule has 0 aromatic heterocycles. The number of nitrogens with one attached hydrogen (secondary N) is 1. The third-order valence-electron chi connectivity index (χ3n) is 7.60. The van der Waals surface area contributed by atoms with E-state index >= 15 is 0 Å². The second-order valence-corrected chi connectivity index (χ2v) is 9.97. The fourth-order valence-corrected chi connectivity index (χ4v) is 5.68. The molecule has 0 spiro atoms. The van der Waals surface area contributed by atoms with Crippen molar-refractivity contribution in [3.63, 3.8) is 0 Å². The molecular formula is C30H39NO6. The largest absolute Gasteiger partial charge is 0.497 e. The fraction of sp³-hybridized carbons (Fsp3) is 0.533. The average molecular weight is 510 g/mol. The molecule has 37 heavy (non-hydrogen) atoms. The highest BCUT2D eigenvalue weighted by atomic mass is 16.7. The number of esters is 1. The number of rotatable bonds is 13. The van der Waals surface area contributed by atoms with E-state index in [1.165, 1.54) is 12.8 Å². The van der Waals surface area contributed by atoms with Crippen molar-refractivity contribution < 1.29 is 28.5 Å². The van der Waals surface area contributed by atoms with Crippen LogP contribution in [0.15, 0.2) is 42.5 Å². The fourth-order valence-electron chi connectivity index (χ4n) is 5.68. The first kappa shape index (κ1) is 27.0. The first-order valence-corrected chi connectivity index (χ1v) is 13.5. The highest BCUT2D eigenvalue weighted by molar-refractivity contribution is 5.84. The van der Waals surface area contributed by atoms with Crippen LogP contribution in [-0.2, 0) is 19.7 Å². The predicted molar refractivity (Wildman–Crippen MR) is 141 cm³/mol. The molecule has 7 nitrogen and oxygen atoms in total. The van der Waals surface area contributed by atoms with Gasteiger partial charge in [-0.2, -0.15) is 0 Å². The van der Waals surface area contributed by atoms with Gasteiger partial charge in [0, 0.05) is 30.8 Å². The maximum atomic E-state index is 13.6. The van der Waals surface area contributed by atoms with Crippen molar-refractivity contribution >= 4 is 11.8 Å². The topological polar surface area (TPSA) is 83.1 Å². The minimum Gasteiger partial charge on any atom is -0.497 e. The number of fused-ring (bicyclic) bond motifs is 1.